The molecule has 3 rings (SSSR count). The van der Waals surface area contributed by atoms with Gasteiger partial charge in [-0.2, -0.15) is 18.2 Å². The summed E-state index contributed by atoms with van der Waals surface area (Å²) < 4.78 is 48.0. The smallest absolute Gasteiger partial charge is 0.416 e. The maximum atomic E-state index is 12.6. The maximum absolute atomic E-state index is 12.6. The molecule has 0 N–H and O–H groups in total. The number of ether oxygens (including phenoxy) is 1. The Hall–Kier alpha value is -3.43. The van der Waals surface area contributed by atoms with Crippen molar-refractivity contribution in [3.8, 4) is 17.1 Å². The van der Waals surface area contributed by atoms with Crippen molar-refractivity contribution in [2.75, 3.05) is 0 Å². The first kappa shape index (κ1) is 17.4. The van der Waals surface area contributed by atoms with Gasteiger partial charge in [0.15, 0.2) is 6.61 Å². The average molecular weight is 365 g/mol. The van der Waals surface area contributed by atoms with Crippen molar-refractivity contribution in [2.45, 2.75) is 12.8 Å². The van der Waals surface area contributed by atoms with Gasteiger partial charge in [-0.15, -0.1) is 0 Å². The number of nitrogens with zero attached hydrogens (tertiary/aromatic N) is 3. The minimum Gasteiger partial charge on any atom is -0.484 e. The minimum atomic E-state index is -4.42. The highest BCUT2D eigenvalue weighted by atomic mass is 19.4. The summed E-state index contributed by atoms with van der Waals surface area (Å²) in [5, 5.41) is 14.3. The van der Waals surface area contributed by atoms with E-state index in [-0.39, 0.29) is 24.0 Å². The van der Waals surface area contributed by atoms with Gasteiger partial charge in [0.25, 0.3) is 11.6 Å². The van der Waals surface area contributed by atoms with Crippen molar-refractivity contribution in [3.05, 3.63) is 70.1 Å². The van der Waals surface area contributed by atoms with Crippen LogP contribution in [0.3, 0.4) is 0 Å². The highest BCUT2D eigenvalue weighted by molar-refractivity contribution is 5.54. The van der Waals surface area contributed by atoms with Crippen LogP contribution < -0.4 is 4.74 Å². The molecule has 7 nitrogen and oxygen atoms in total. The molecule has 0 fully saturated rings. The lowest BCUT2D eigenvalue weighted by Gasteiger charge is -2.05. The number of hydrogen-bond donors (Lipinski definition) is 0. The molecule has 0 saturated carbocycles. The van der Waals surface area contributed by atoms with Crippen LogP contribution in [-0.2, 0) is 12.8 Å². The van der Waals surface area contributed by atoms with E-state index in [2.05, 4.69) is 10.1 Å². The highest BCUT2D eigenvalue weighted by Crippen LogP contribution is 2.30. The zero-order valence-corrected chi connectivity index (χ0v) is 12.9. The summed E-state index contributed by atoms with van der Waals surface area (Å²) in [6, 6.07) is 9.77. The van der Waals surface area contributed by atoms with Crippen LogP contribution in [0.5, 0.6) is 5.75 Å². The second kappa shape index (κ2) is 6.82. The molecule has 0 aliphatic rings. The fourth-order valence-corrected chi connectivity index (χ4v) is 2.05. The molecule has 10 heteroatoms. The first-order valence-corrected chi connectivity index (χ1v) is 7.20. The lowest BCUT2D eigenvalue weighted by atomic mass is 10.1. The van der Waals surface area contributed by atoms with E-state index in [1.54, 1.807) is 0 Å². The van der Waals surface area contributed by atoms with Crippen LogP contribution >= 0.6 is 0 Å². The molecule has 0 aliphatic carbocycles. The number of non-ortho nitro benzene ring substituents is 1. The summed E-state index contributed by atoms with van der Waals surface area (Å²) in [4.78, 5) is 14.1. The van der Waals surface area contributed by atoms with E-state index >= 15 is 0 Å². The van der Waals surface area contributed by atoms with Crippen molar-refractivity contribution in [1.82, 2.24) is 10.1 Å². The van der Waals surface area contributed by atoms with Crippen molar-refractivity contribution in [3.63, 3.8) is 0 Å². The summed E-state index contributed by atoms with van der Waals surface area (Å²) in [6.07, 6.45) is -4.42. The Morgan fingerprint density at radius 1 is 1.08 bits per heavy atom. The average Bonchev–Trinajstić information content (AvgIpc) is 3.09. The van der Waals surface area contributed by atoms with Gasteiger partial charge in [0.1, 0.15) is 5.75 Å². The molecule has 2 aromatic carbocycles. The third-order valence-corrected chi connectivity index (χ3v) is 3.35. The zero-order chi connectivity index (χ0) is 18.7. The second-order valence-electron chi connectivity index (χ2n) is 5.13. The highest BCUT2D eigenvalue weighted by Gasteiger charge is 2.30. The van der Waals surface area contributed by atoms with Gasteiger partial charge in [-0.3, -0.25) is 10.1 Å². The third-order valence-electron chi connectivity index (χ3n) is 3.35. The molecule has 0 radical (unpaired) electrons. The number of hydrogen-bond acceptors (Lipinski definition) is 6. The van der Waals surface area contributed by atoms with Crippen LogP contribution in [0.25, 0.3) is 11.4 Å². The molecule has 0 unspecified atom stereocenters. The lowest BCUT2D eigenvalue weighted by Crippen LogP contribution is -2.04. The fraction of sp³-hybridized carbons (Fsp3) is 0.125. The largest absolute Gasteiger partial charge is 0.484 e. The number of alkyl halides is 3. The second-order valence-corrected chi connectivity index (χ2v) is 5.13. The monoisotopic (exact) mass is 365 g/mol. The third kappa shape index (κ3) is 3.97. The van der Waals surface area contributed by atoms with Gasteiger partial charge in [0.05, 0.1) is 10.5 Å². The van der Waals surface area contributed by atoms with Gasteiger partial charge < -0.3 is 9.26 Å². The number of rotatable bonds is 5. The van der Waals surface area contributed by atoms with Crippen LogP contribution in [0.2, 0.25) is 0 Å². The van der Waals surface area contributed by atoms with Gasteiger partial charge in [0, 0.05) is 17.7 Å². The van der Waals surface area contributed by atoms with Gasteiger partial charge in [-0.05, 0) is 24.3 Å². The number of nitro groups is 1. The molecule has 134 valence electrons. The summed E-state index contributed by atoms with van der Waals surface area (Å²) in [7, 11) is 0. The Balaban J connectivity index is 1.65. The minimum absolute atomic E-state index is 0.0697. The van der Waals surface area contributed by atoms with Crippen LogP contribution in [0, 0.1) is 10.1 Å². The van der Waals surface area contributed by atoms with E-state index in [0.717, 1.165) is 12.1 Å². The van der Waals surface area contributed by atoms with Crippen molar-refractivity contribution >= 4 is 5.69 Å². The number of nitro benzene ring substituents is 1. The van der Waals surface area contributed by atoms with E-state index in [4.69, 9.17) is 9.26 Å². The van der Waals surface area contributed by atoms with Gasteiger partial charge in [-0.25, -0.2) is 0 Å². The Morgan fingerprint density at radius 3 is 2.31 bits per heavy atom. The molecule has 0 amide bonds. The molecular weight excluding hydrogens is 355 g/mol. The maximum Gasteiger partial charge on any atom is 0.416 e. The van der Waals surface area contributed by atoms with Crippen molar-refractivity contribution in [1.29, 1.82) is 0 Å². The van der Waals surface area contributed by atoms with Crippen molar-refractivity contribution in [2.24, 2.45) is 0 Å². The summed E-state index contributed by atoms with van der Waals surface area (Å²) >= 11 is 0. The van der Waals surface area contributed by atoms with Crippen molar-refractivity contribution < 1.29 is 27.4 Å². The molecule has 1 aromatic heterocycles. The van der Waals surface area contributed by atoms with Gasteiger partial charge >= 0.3 is 6.18 Å². The predicted octanol–water partition coefficient (Wildman–Crippen LogP) is 4.24. The fourth-order valence-electron chi connectivity index (χ4n) is 2.05. The zero-order valence-electron chi connectivity index (χ0n) is 12.9. The topological polar surface area (TPSA) is 91.3 Å². The van der Waals surface area contributed by atoms with Crippen LogP contribution in [0.15, 0.2) is 53.1 Å². The predicted molar refractivity (Wildman–Crippen MR) is 82.2 cm³/mol. The Kier molecular flexibility index (Phi) is 4.57. The van der Waals surface area contributed by atoms with Gasteiger partial charge in [-0.1, -0.05) is 17.3 Å². The molecule has 0 aliphatic heterocycles. The standard InChI is InChI=1S/C16H10F3N3O4/c17-16(18,19)11-3-1-10(2-4-11)15-20-14(26-21-15)9-25-13-7-5-12(6-8-13)22(23)24/h1-8H,9H2. The Labute approximate surface area is 144 Å². The van der Waals surface area contributed by atoms with E-state index in [1.807, 2.05) is 0 Å². The van der Waals surface area contributed by atoms with Crippen LogP contribution in [0.1, 0.15) is 11.5 Å². The normalized spacial score (nSPS) is 11.3. The summed E-state index contributed by atoms with van der Waals surface area (Å²) in [5.41, 5.74) is -0.477. The summed E-state index contributed by atoms with van der Waals surface area (Å²) in [6.45, 7) is -0.0918. The number of benzene rings is 2. The van der Waals surface area contributed by atoms with E-state index < -0.39 is 16.7 Å². The molecule has 26 heavy (non-hydrogen) atoms. The lowest BCUT2D eigenvalue weighted by molar-refractivity contribution is -0.384. The first-order valence-electron chi connectivity index (χ1n) is 7.20. The van der Waals surface area contributed by atoms with Crippen LogP contribution in [0.4, 0.5) is 18.9 Å². The Bertz CT molecular complexity index is 906. The van der Waals surface area contributed by atoms with E-state index in [9.17, 15) is 23.3 Å². The molecule has 0 atom stereocenters. The van der Waals surface area contributed by atoms with Crippen LogP contribution in [-0.4, -0.2) is 15.1 Å². The van der Waals surface area contributed by atoms with Gasteiger partial charge in [0.2, 0.25) is 5.82 Å². The number of aromatic nitrogens is 2. The molecule has 0 saturated heterocycles. The molecular formula is C16H10F3N3O4. The molecule has 0 spiro atoms. The molecule has 1 heterocycles. The number of halogens is 3. The molecule has 0 bridgehead atoms. The molecule has 3 aromatic rings. The van der Waals surface area contributed by atoms with E-state index in [0.29, 0.717) is 11.3 Å². The quantitative estimate of drug-likeness (QED) is 0.496. The summed E-state index contributed by atoms with van der Waals surface area (Å²) in [5.74, 6) is 0.601. The Morgan fingerprint density at radius 2 is 1.73 bits per heavy atom. The first-order chi connectivity index (χ1) is 12.3. The van der Waals surface area contributed by atoms with E-state index in [1.165, 1.54) is 36.4 Å². The SMILES string of the molecule is O=[N+]([O-])c1ccc(OCc2nc(-c3ccc(C(F)(F)F)cc3)no2)cc1.